The lowest BCUT2D eigenvalue weighted by Gasteiger charge is -2.50. The average molecular weight is 763 g/mol. The highest BCUT2D eigenvalue weighted by molar-refractivity contribution is 6.32. The molecule has 1 saturated carbocycles. The third-order valence-corrected chi connectivity index (χ3v) is 12.4. The SMILES string of the molecule is COc1ccc([C@H]2C3=CC[C@@H]4C(=O)N(c5ccc(C(=O)c6ccccc6)cc5)C(=O)[C@@H]4[C@@H]3C[C@H]3C(=O)N(c4cccc(Cl)c4)C(=O)[C@@]23c2ccccc2)c(O)c1. The van der Waals surface area contributed by atoms with Crippen molar-refractivity contribution in [2.45, 2.75) is 24.2 Å². The van der Waals surface area contributed by atoms with Crippen LogP contribution in [0.5, 0.6) is 11.5 Å². The molecule has 9 nitrogen and oxygen atoms in total. The van der Waals surface area contributed by atoms with E-state index in [1.165, 1.54) is 23.0 Å². The van der Waals surface area contributed by atoms with Gasteiger partial charge in [-0.15, -0.1) is 0 Å². The number of fused-ring (bicyclic) bond motifs is 4. The zero-order valence-corrected chi connectivity index (χ0v) is 30.9. The maximum atomic E-state index is 15.4. The average Bonchev–Trinajstić information content (AvgIpc) is 3.62. The zero-order valence-electron chi connectivity index (χ0n) is 30.2. The molecule has 0 radical (unpaired) electrons. The molecule has 2 aliphatic heterocycles. The van der Waals surface area contributed by atoms with Crippen molar-refractivity contribution in [3.05, 3.63) is 166 Å². The number of phenolic OH excluding ortho intramolecular Hbond substituents is 1. The first-order valence-electron chi connectivity index (χ1n) is 18.5. The van der Waals surface area contributed by atoms with Gasteiger partial charge in [0.05, 0.1) is 41.7 Å². The van der Waals surface area contributed by atoms with E-state index in [-0.39, 0.29) is 30.3 Å². The number of carbonyl (C=O) groups excluding carboxylic acids is 5. The van der Waals surface area contributed by atoms with Gasteiger partial charge in [-0.05, 0) is 72.9 Å². The molecule has 2 aliphatic carbocycles. The molecular weight excluding hydrogens is 728 g/mol. The summed E-state index contributed by atoms with van der Waals surface area (Å²) >= 11 is 6.41. The van der Waals surface area contributed by atoms with Gasteiger partial charge >= 0.3 is 0 Å². The van der Waals surface area contributed by atoms with Crippen molar-refractivity contribution in [3.63, 3.8) is 0 Å². The minimum Gasteiger partial charge on any atom is -0.508 e. The molecule has 1 N–H and O–H groups in total. The number of carbonyl (C=O) groups is 5. The van der Waals surface area contributed by atoms with Crippen LogP contribution in [0, 0.1) is 23.7 Å². The quantitative estimate of drug-likeness (QED) is 0.103. The largest absolute Gasteiger partial charge is 0.508 e. The number of hydrogen-bond acceptors (Lipinski definition) is 7. The minimum atomic E-state index is -1.53. The molecule has 0 aromatic heterocycles. The Morgan fingerprint density at radius 3 is 2.11 bits per heavy atom. The van der Waals surface area contributed by atoms with Crippen molar-refractivity contribution in [1.82, 2.24) is 0 Å². The molecule has 4 aliphatic rings. The summed E-state index contributed by atoms with van der Waals surface area (Å²) in [6, 6.07) is 35.9. The monoisotopic (exact) mass is 762 g/mol. The molecule has 278 valence electrons. The molecule has 0 unspecified atom stereocenters. The maximum Gasteiger partial charge on any atom is 0.246 e. The van der Waals surface area contributed by atoms with Crippen molar-refractivity contribution in [2.24, 2.45) is 23.7 Å². The number of ether oxygens (including phenoxy) is 1. The Labute approximate surface area is 327 Å². The summed E-state index contributed by atoms with van der Waals surface area (Å²) < 4.78 is 5.42. The Kier molecular flexibility index (Phi) is 8.50. The molecule has 0 spiro atoms. The Morgan fingerprint density at radius 2 is 1.43 bits per heavy atom. The van der Waals surface area contributed by atoms with Crippen LogP contribution in [0.25, 0.3) is 0 Å². The standard InChI is InChI=1S/C46H35ClN2O7/c1-56-32-19-20-34(38(50)24-32)40-33-21-22-35-39(44(54)48(42(35)52)30-17-15-27(16-18-30)41(51)26-9-4-2-5-10-26)36(33)25-37-43(53)49(31-14-8-13-29(47)23-31)45(55)46(37,40)28-11-6-3-7-12-28/h2-21,23-24,35-37,39-40,50H,22,25H2,1H3/t35-,36+,37-,39-,40+,46+/m0/s1. The van der Waals surface area contributed by atoms with Crippen LogP contribution in [0.15, 0.2) is 139 Å². The molecule has 2 heterocycles. The van der Waals surface area contributed by atoms with Crippen LogP contribution in [-0.2, 0) is 24.6 Å². The van der Waals surface area contributed by atoms with Crippen molar-refractivity contribution < 1.29 is 33.8 Å². The van der Waals surface area contributed by atoms with Gasteiger partial charge in [-0.3, -0.25) is 28.9 Å². The van der Waals surface area contributed by atoms with E-state index in [1.54, 1.807) is 84.9 Å². The predicted octanol–water partition coefficient (Wildman–Crippen LogP) is 7.65. The molecule has 10 heteroatoms. The van der Waals surface area contributed by atoms with Crippen molar-refractivity contribution in [1.29, 1.82) is 0 Å². The first-order chi connectivity index (χ1) is 27.1. The first-order valence-corrected chi connectivity index (χ1v) is 18.9. The fourth-order valence-corrected chi connectivity index (χ4v) is 9.94. The summed E-state index contributed by atoms with van der Waals surface area (Å²) in [6.07, 6.45) is 2.26. The molecule has 5 aromatic rings. The molecule has 9 rings (SSSR count). The van der Waals surface area contributed by atoms with Crippen LogP contribution >= 0.6 is 11.6 Å². The van der Waals surface area contributed by atoms with Gasteiger partial charge in [-0.2, -0.15) is 0 Å². The molecule has 5 aromatic carbocycles. The minimum absolute atomic E-state index is 0.105. The van der Waals surface area contributed by atoms with E-state index in [0.29, 0.717) is 50.0 Å². The topological polar surface area (TPSA) is 121 Å². The third kappa shape index (κ3) is 5.18. The van der Waals surface area contributed by atoms with E-state index in [9.17, 15) is 24.3 Å². The van der Waals surface area contributed by atoms with Gasteiger partial charge in [0, 0.05) is 33.7 Å². The first kappa shape index (κ1) is 35.4. The van der Waals surface area contributed by atoms with E-state index >= 15 is 4.79 Å². The summed E-state index contributed by atoms with van der Waals surface area (Å²) in [4.78, 5) is 74.9. The van der Waals surface area contributed by atoms with E-state index < -0.39 is 52.7 Å². The van der Waals surface area contributed by atoms with Gasteiger partial charge in [-0.25, -0.2) is 4.90 Å². The Balaban J connectivity index is 1.18. The van der Waals surface area contributed by atoms with Gasteiger partial charge in [0.1, 0.15) is 11.5 Å². The number of halogens is 1. The van der Waals surface area contributed by atoms with Gasteiger partial charge in [0.15, 0.2) is 5.78 Å². The number of rotatable bonds is 7. The number of aromatic hydroxyl groups is 1. The lowest BCUT2D eigenvalue weighted by atomic mass is 9.49. The van der Waals surface area contributed by atoms with E-state index in [2.05, 4.69) is 0 Å². The van der Waals surface area contributed by atoms with E-state index in [4.69, 9.17) is 16.3 Å². The van der Waals surface area contributed by atoms with Crippen LogP contribution in [0.4, 0.5) is 11.4 Å². The third-order valence-electron chi connectivity index (χ3n) is 12.1. The number of anilines is 2. The van der Waals surface area contributed by atoms with Crippen molar-refractivity contribution in [3.8, 4) is 11.5 Å². The molecule has 6 atom stereocenters. The van der Waals surface area contributed by atoms with Crippen LogP contribution < -0.4 is 14.5 Å². The molecule has 4 amide bonds. The lowest BCUT2D eigenvalue weighted by molar-refractivity contribution is -0.127. The van der Waals surface area contributed by atoms with Crippen molar-refractivity contribution in [2.75, 3.05) is 16.9 Å². The highest BCUT2D eigenvalue weighted by atomic mass is 35.5. The predicted molar refractivity (Wildman–Crippen MR) is 210 cm³/mol. The number of amides is 4. The second-order valence-electron chi connectivity index (χ2n) is 14.8. The summed E-state index contributed by atoms with van der Waals surface area (Å²) in [7, 11) is 1.49. The zero-order chi connectivity index (χ0) is 38.9. The Morgan fingerprint density at radius 1 is 0.732 bits per heavy atom. The molecule has 3 fully saturated rings. The van der Waals surface area contributed by atoms with Crippen LogP contribution in [0.1, 0.15) is 45.8 Å². The van der Waals surface area contributed by atoms with E-state index in [1.807, 2.05) is 42.5 Å². The van der Waals surface area contributed by atoms with Crippen molar-refractivity contribution >= 4 is 52.4 Å². The fraction of sp³-hybridized carbons (Fsp3) is 0.196. The lowest BCUT2D eigenvalue weighted by Crippen LogP contribution is -2.53. The highest BCUT2D eigenvalue weighted by Crippen LogP contribution is 2.65. The van der Waals surface area contributed by atoms with Gasteiger partial charge in [0.2, 0.25) is 23.6 Å². The second kappa shape index (κ2) is 13.5. The molecule has 56 heavy (non-hydrogen) atoms. The second-order valence-corrected chi connectivity index (χ2v) is 15.2. The molecular formula is C46H35ClN2O7. The van der Waals surface area contributed by atoms with Gasteiger partial charge in [-0.1, -0.05) is 96.0 Å². The normalized spacial score (nSPS) is 25.4. The number of nitrogens with zero attached hydrogens (tertiary/aromatic N) is 2. The van der Waals surface area contributed by atoms with Crippen LogP contribution in [-0.4, -0.2) is 41.6 Å². The summed E-state index contributed by atoms with van der Waals surface area (Å²) in [5, 5.41) is 12.1. The fourth-order valence-electron chi connectivity index (χ4n) is 9.76. The smallest absolute Gasteiger partial charge is 0.246 e. The van der Waals surface area contributed by atoms with Gasteiger partial charge < -0.3 is 9.84 Å². The van der Waals surface area contributed by atoms with E-state index in [0.717, 1.165) is 0 Å². The van der Waals surface area contributed by atoms with Gasteiger partial charge in [0.25, 0.3) is 0 Å². The number of benzene rings is 5. The maximum absolute atomic E-state index is 15.4. The molecule has 0 bridgehead atoms. The highest BCUT2D eigenvalue weighted by Gasteiger charge is 2.70. The number of hydrogen-bond donors (Lipinski definition) is 1. The number of methoxy groups -OCH3 is 1. The summed E-state index contributed by atoms with van der Waals surface area (Å²) in [6.45, 7) is 0. The van der Waals surface area contributed by atoms with Crippen LogP contribution in [0.2, 0.25) is 5.02 Å². The number of ketones is 1. The Bertz CT molecular complexity index is 2480. The number of imide groups is 2. The molecule has 2 saturated heterocycles. The number of phenols is 1. The number of allylic oxidation sites excluding steroid dienone is 2. The Hall–Kier alpha value is -6.32. The van der Waals surface area contributed by atoms with Crippen LogP contribution in [0.3, 0.4) is 0 Å². The summed E-state index contributed by atoms with van der Waals surface area (Å²) in [5.74, 6) is -5.67. The summed E-state index contributed by atoms with van der Waals surface area (Å²) in [5.41, 5.74) is 1.78.